The summed E-state index contributed by atoms with van der Waals surface area (Å²) in [5.41, 5.74) is 1.70. The van der Waals surface area contributed by atoms with Crippen molar-refractivity contribution >= 4 is 17.5 Å². The third-order valence-electron chi connectivity index (χ3n) is 5.41. The largest absolute Gasteiger partial charge is 0.337 e. The monoisotopic (exact) mass is 373 g/mol. The number of carbonyl (C=O) groups is 1. The van der Waals surface area contributed by atoms with Crippen LogP contribution in [0.4, 0.5) is 4.39 Å². The summed E-state index contributed by atoms with van der Waals surface area (Å²) in [7, 11) is 0. The Labute approximate surface area is 157 Å². The normalized spacial score (nSPS) is 23.1. The van der Waals surface area contributed by atoms with Gasteiger partial charge in [-0.15, -0.1) is 0 Å². The van der Waals surface area contributed by atoms with Crippen molar-refractivity contribution in [3.05, 3.63) is 64.7 Å². The zero-order valence-electron chi connectivity index (χ0n) is 14.4. The predicted molar refractivity (Wildman–Crippen MR) is 98.5 cm³/mol. The summed E-state index contributed by atoms with van der Waals surface area (Å²) in [6.07, 6.45) is 5.54. The van der Waals surface area contributed by atoms with E-state index in [-0.39, 0.29) is 16.7 Å². The van der Waals surface area contributed by atoms with Gasteiger partial charge in [0.25, 0.3) is 5.91 Å². The molecule has 136 valence electrons. The van der Waals surface area contributed by atoms with Gasteiger partial charge in [0.1, 0.15) is 5.82 Å². The minimum absolute atomic E-state index is 0.0796. The van der Waals surface area contributed by atoms with Crippen LogP contribution in [0.25, 0.3) is 0 Å². The van der Waals surface area contributed by atoms with Crippen LogP contribution in [-0.4, -0.2) is 46.4 Å². The van der Waals surface area contributed by atoms with E-state index in [2.05, 4.69) is 9.88 Å². The number of hydrogen-bond acceptors (Lipinski definition) is 3. The molecule has 2 aromatic rings. The molecule has 0 aliphatic carbocycles. The average molecular weight is 374 g/mol. The molecule has 6 heteroatoms. The van der Waals surface area contributed by atoms with Crippen LogP contribution in [-0.2, 0) is 6.54 Å². The fraction of sp³-hybridized carbons (Fsp3) is 0.400. The maximum atomic E-state index is 13.4. The Hall–Kier alpha value is -1.98. The molecule has 3 saturated heterocycles. The number of rotatable bonds is 3. The Kier molecular flexibility index (Phi) is 4.92. The van der Waals surface area contributed by atoms with E-state index in [1.165, 1.54) is 6.07 Å². The van der Waals surface area contributed by atoms with Crippen molar-refractivity contribution in [2.45, 2.75) is 25.4 Å². The van der Waals surface area contributed by atoms with Gasteiger partial charge in [0, 0.05) is 50.2 Å². The molecule has 0 spiro atoms. The van der Waals surface area contributed by atoms with Gasteiger partial charge < -0.3 is 4.90 Å². The first-order valence-corrected chi connectivity index (χ1v) is 9.35. The van der Waals surface area contributed by atoms with E-state index in [1.54, 1.807) is 36.7 Å². The van der Waals surface area contributed by atoms with Crippen LogP contribution in [0, 0.1) is 11.7 Å². The molecule has 1 aromatic carbocycles. The molecule has 1 aromatic heterocycles. The highest BCUT2D eigenvalue weighted by Gasteiger charge is 2.36. The Balaban J connectivity index is 1.49. The number of nitrogens with zero attached hydrogens (tertiary/aromatic N) is 3. The highest BCUT2D eigenvalue weighted by molar-refractivity contribution is 6.30. The van der Waals surface area contributed by atoms with E-state index in [1.807, 2.05) is 4.90 Å². The first kappa shape index (κ1) is 17.4. The number of hydrogen-bond donors (Lipinski definition) is 0. The van der Waals surface area contributed by atoms with Crippen molar-refractivity contribution in [2.75, 3.05) is 19.6 Å². The smallest absolute Gasteiger partial charge is 0.254 e. The molecular weight excluding hydrogens is 353 g/mol. The van der Waals surface area contributed by atoms with Gasteiger partial charge in [-0.05, 0) is 48.6 Å². The SMILES string of the molecule is O=C(c1ccncc1)N1C[C@H]2CC[C@@H](C1)N(Cc1ccc(F)c(Cl)c1)C2. The van der Waals surface area contributed by atoms with Crippen LogP contribution in [0.15, 0.2) is 42.7 Å². The summed E-state index contributed by atoms with van der Waals surface area (Å²) in [5.74, 6) is 0.161. The van der Waals surface area contributed by atoms with E-state index in [0.29, 0.717) is 17.5 Å². The summed E-state index contributed by atoms with van der Waals surface area (Å²) >= 11 is 5.92. The highest BCUT2D eigenvalue weighted by atomic mass is 35.5. The molecule has 0 radical (unpaired) electrons. The molecule has 26 heavy (non-hydrogen) atoms. The van der Waals surface area contributed by atoms with Crippen LogP contribution in [0.3, 0.4) is 0 Å². The second-order valence-electron chi connectivity index (χ2n) is 7.22. The molecule has 2 bridgehead atoms. The number of carbonyl (C=O) groups excluding carboxylic acids is 1. The lowest BCUT2D eigenvalue weighted by Gasteiger charge is -2.36. The van der Waals surface area contributed by atoms with Gasteiger partial charge in [-0.1, -0.05) is 17.7 Å². The van der Waals surface area contributed by atoms with Gasteiger partial charge in [0.15, 0.2) is 0 Å². The van der Waals surface area contributed by atoms with Crippen molar-refractivity contribution < 1.29 is 9.18 Å². The van der Waals surface area contributed by atoms with Gasteiger partial charge in [-0.25, -0.2) is 4.39 Å². The lowest BCUT2D eigenvalue weighted by Crippen LogP contribution is -2.43. The van der Waals surface area contributed by atoms with Crippen LogP contribution in [0.1, 0.15) is 28.8 Å². The van der Waals surface area contributed by atoms with E-state index in [0.717, 1.165) is 44.6 Å². The molecule has 0 unspecified atom stereocenters. The van der Waals surface area contributed by atoms with E-state index < -0.39 is 0 Å². The number of fused-ring (bicyclic) bond motifs is 4. The number of aromatic nitrogens is 1. The molecule has 3 fully saturated rings. The zero-order valence-corrected chi connectivity index (χ0v) is 15.2. The highest BCUT2D eigenvalue weighted by Crippen LogP contribution is 2.30. The summed E-state index contributed by atoms with van der Waals surface area (Å²) in [4.78, 5) is 21.2. The fourth-order valence-electron chi connectivity index (χ4n) is 4.09. The van der Waals surface area contributed by atoms with Crippen LogP contribution in [0.5, 0.6) is 0 Å². The Bertz CT molecular complexity index is 801. The van der Waals surface area contributed by atoms with Crippen LogP contribution >= 0.6 is 11.6 Å². The summed E-state index contributed by atoms with van der Waals surface area (Å²) in [6, 6.07) is 8.78. The average Bonchev–Trinajstić information content (AvgIpc) is 2.97. The Morgan fingerprint density at radius 1 is 1.15 bits per heavy atom. The molecule has 3 aliphatic heterocycles. The molecule has 4 nitrogen and oxygen atoms in total. The van der Waals surface area contributed by atoms with E-state index in [9.17, 15) is 9.18 Å². The molecule has 1 amide bonds. The quantitative estimate of drug-likeness (QED) is 0.824. The Morgan fingerprint density at radius 2 is 1.96 bits per heavy atom. The molecule has 2 atom stereocenters. The third-order valence-corrected chi connectivity index (χ3v) is 5.70. The summed E-state index contributed by atoms with van der Waals surface area (Å²) < 4.78 is 13.4. The first-order chi connectivity index (χ1) is 12.6. The lowest BCUT2D eigenvalue weighted by atomic mass is 9.94. The standard InChI is InChI=1S/C20H21ClFN3O/c21-18-9-14(2-4-19(18)22)10-24-11-15-1-3-17(24)13-25(12-15)20(26)16-5-7-23-8-6-16/h2,4-9,15,17H,1,3,10-13H2/t15-,17-/m0/s1. The maximum Gasteiger partial charge on any atom is 0.254 e. The topological polar surface area (TPSA) is 36.4 Å². The van der Waals surface area contributed by atoms with E-state index in [4.69, 9.17) is 11.6 Å². The number of piperidine rings is 1. The minimum Gasteiger partial charge on any atom is -0.337 e. The fourth-order valence-corrected chi connectivity index (χ4v) is 4.29. The van der Waals surface area contributed by atoms with Gasteiger partial charge in [0.05, 0.1) is 5.02 Å². The van der Waals surface area contributed by atoms with Gasteiger partial charge in [-0.2, -0.15) is 0 Å². The van der Waals surface area contributed by atoms with Crippen molar-refractivity contribution in [3.63, 3.8) is 0 Å². The van der Waals surface area contributed by atoms with Gasteiger partial charge >= 0.3 is 0 Å². The van der Waals surface area contributed by atoms with Crippen molar-refractivity contribution in [3.8, 4) is 0 Å². The molecule has 0 N–H and O–H groups in total. The van der Waals surface area contributed by atoms with E-state index >= 15 is 0 Å². The van der Waals surface area contributed by atoms with Crippen molar-refractivity contribution in [2.24, 2.45) is 5.92 Å². The number of amides is 1. The third kappa shape index (κ3) is 3.60. The zero-order chi connectivity index (χ0) is 18.1. The molecule has 4 heterocycles. The number of benzene rings is 1. The molecular formula is C20H21ClFN3O. The minimum atomic E-state index is -0.387. The molecule has 3 aliphatic rings. The maximum absolute atomic E-state index is 13.4. The first-order valence-electron chi connectivity index (χ1n) is 8.97. The molecule has 5 rings (SSSR count). The van der Waals surface area contributed by atoms with Gasteiger partial charge in [-0.3, -0.25) is 14.7 Å². The lowest BCUT2D eigenvalue weighted by molar-refractivity contribution is 0.0736. The summed E-state index contributed by atoms with van der Waals surface area (Å²) in [6.45, 7) is 3.21. The number of pyridine rings is 1. The van der Waals surface area contributed by atoms with Crippen LogP contribution in [0.2, 0.25) is 5.02 Å². The van der Waals surface area contributed by atoms with Gasteiger partial charge in [0.2, 0.25) is 0 Å². The predicted octanol–water partition coefficient (Wildman–Crippen LogP) is 3.61. The van der Waals surface area contributed by atoms with Crippen molar-refractivity contribution in [1.82, 2.24) is 14.8 Å². The summed E-state index contributed by atoms with van der Waals surface area (Å²) in [5, 5.41) is 0.164. The Morgan fingerprint density at radius 3 is 2.73 bits per heavy atom. The molecule has 0 saturated carbocycles. The second kappa shape index (κ2) is 7.33. The number of halogens is 2. The second-order valence-corrected chi connectivity index (χ2v) is 7.63. The van der Waals surface area contributed by atoms with Crippen LogP contribution < -0.4 is 0 Å². The van der Waals surface area contributed by atoms with Crippen molar-refractivity contribution in [1.29, 1.82) is 0 Å².